The lowest BCUT2D eigenvalue weighted by Crippen LogP contribution is -2.46. The third-order valence-electron chi connectivity index (χ3n) is 5.47. The van der Waals surface area contributed by atoms with E-state index >= 15 is 0 Å². The van der Waals surface area contributed by atoms with Gasteiger partial charge in [0.15, 0.2) is 0 Å². The molecule has 1 fully saturated rings. The van der Waals surface area contributed by atoms with Gasteiger partial charge in [0.05, 0.1) is 12.1 Å². The van der Waals surface area contributed by atoms with Gasteiger partial charge in [-0.2, -0.15) is 0 Å². The van der Waals surface area contributed by atoms with Gasteiger partial charge in [-0.25, -0.2) is 9.29 Å². The molecule has 1 aliphatic rings. The van der Waals surface area contributed by atoms with E-state index in [0.29, 0.717) is 22.2 Å². The van der Waals surface area contributed by atoms with E-state index in [1.807, 2.05) is 6.07 Å². The lowest BCUT2D eigenvalue weighted by molar-refractivity contribution is -0.122. The second kappa shape index (κ2) is 9.73. The van der Waals surface area contributed by atoms with E-state index in [4.69, 9.17) is 23.2 Å². The van der Waals surface area contributed by atoms with Gasteiger partial charge in [-0.1, -0.05) is 35.3 Å². The second-order valence-electron chi connectivity index (χ2n) is 7.65. The summed E-state index contributed by atoms with van der Waals surface area (Å²) in [5.41, 5.74) is 1.50. The molecule has 4 rings (SSSR count). The molecule has 0 aliphatic carbocycles. The number of imide groups is 1. The highest BCUT2D eigenvalue weighted by Crippen LogP contribution is 2.28. The van der Waals surface area contributed by atoms with Crippen LogP contribution in [0.25, 0.3) is 0 Å². The van der Waals surface area contributed by atoms with Crippen LogP contribution in [0.2, 0.25) is 10.0 Å². The molecule has 0 spiro atoms. The Labute approximate surface area is 200 Å². The number of halogens is 3. The average Bonchev–Trinajstić information content (AvgIpc) is 3.09. The first-order valence-electron chi connectivity index (χ1n) is 10.3. The lowest BCUT2D eigenvalue weighted by Gasteiger charge is -2.28. The van der Waals surface area contributed by atoms with Crippen molar-refractivity contribution in [3.8, 4) is 0 Å². The minimum atomic E-state index is -0.982. The molecule has 3 amide bonds. The minimum absolute atomic E-state index is 0.149. The van der Waals surface area contributed by atoms with E-state index in [2.05, 4.69) is 0 Å². The molecule has 1 saturated heterocycles. The number of hydrogen-bond donors (Lipinski definition) is 0. The van der Waals surface area contributed by atoms with Crippen LogP contribution >= 0.6 is 23.2 Å². The molecule has 1 atom stereocenters. The molecular formula is C25H19Cl2FN2O3. The van der Waals surface area contributed by atoms with Gasteiger partial charge in [0, 0.05) is 22.2 Å². The normalized spacial score (nSPS) is 15.7. The molecule has 0 aromatic heterocycles. The monoisotopic (exact) mass is 484 g/mol. The number of rotatable bonds is 6. The topological polar surface area (TPSA) is 57.7 Å². The van der Waals surface area contributed by atoms with Crippen molar-refractivity contribution < 1.29 is 18.8 Å². The van der Waals surface area contributed by atoms with E-state index < -0.39 is 29.6 Å². The largest absolute Gasteiger partial charge is 0.326 e. The number of hydrogen-bond acceptors (Lipinski definition) is 3. The highest BCUT2D eigenvalue weighted by atomic mass is 35.5. The van der Waals surface area contributed by atoms with Crippen LogP contribution in [0.15, 0.2) is 72.8 Å². The fourth-order valence-electron chi connectivity index (χ4n) is 3.82. The predicted octanol–water partition coefficient (Wildman–Crippen LogP) is 5.15. The van der Waals surface area contributed by atoms with Crippen molar-refractivity contribution >= 4 is 46.6 Å². The highest BCUT2D eigenvalue weighted by Gasteiger charge is 2.44. The summed E-state index contributed by atoms with van der Waals surface area (Å²) >= 11 is 12.0. The second-order valence-corrected chi connectivity index (χ2v) is 8.52. The standard InChI is InChI=1S/C25H19Cl2FN2O3/c26-18-6-10-21(11-7-18)30-23(31)15-22(25(30)33)29(13-12-16-2-1-3-19(27)14-16)24(32)17-4-8-20(28)9-5-17/h1-11,14,22H,12-13,15H2. The van der Waals surface area contributed by atoms with Gasteiger partial charge in [0.25, 0.3) is 11.8 Å². The summed E-state index contributed by atoms with van der Waals surface area (Å²) in [6.07, 6.45) is 0.274. The van der Waals surface area contributed by atoms with Crippen molar-refractivity contribution in [1.29, 1.82) is 0 Å². The molecule has 0 radical (unpaired) electrons. The maximum atomic E-state index is 13.4. The predicted molar refractivity (Wildman–Crippen MR) is 125 cm³/mol. The number of carbonyl (C=O) groups is 3. The van der Waals surface area contributed by atoms with Crippen molar-refractivity contribution in [2.45, 2.75) is 18.9 Å². The quantitative estimate of drug-likeness (QED) is 0.454. The minimum Gasteiger partial charge on any atom is -0.326 e. The summed E-state index contributed by atoms with van der Waals surface area (Å²) in [7, 11) is 0. The van der Waals surface area contributed by atoms with Crippen LogP contribution in [0.1, 0.15) is 22.3 Å². The maximum Gasteiger partial charge on any atom is 0.257 e. The van der Waals surface area contributed by atoms with Crippen LogP contribution in [0.5, 0.6) is 0 Å². The molecule has 0 saturated carbocycles. The molecule has 3 aromatic rings. The molecule has 168 valence electrons. The Morgan fingerprint density at radius 2 is 1.67 bits per heavy atom. The number of amides is 3. The smallest absolute Gasteiger partial charge is 0.257 e. The van der Waals surface area contributed by atoms with E-state index in [-0.39, 0.29) is 18.5 Å². The zero-order chi connectivity index (χ0) is 23.5. The van der Waals surface area contributed by atoms with Gasteiger partial charge in [-0.3, -0.25) is 14.4 Å². The van der Waals surface area contributed by atoms with Crippen LogP contribution in [0.4, 0.5) is 10.1 Å². The summed E-state index contributed by atoms with van der Waals surface area (Å²) in [4.78, 5) is 41.9. The van der Waals surface area contributed by atoms with Crippen molar-refractivity contribution in [2.24, 2.45) is 0 Å². The fourth-order valence-corrected chi connectivity index (χ4v) is 4.16. The van der Waals surface area contributed by atoms with E-state index in [1.165, 1.54) is 29.2 Å². The van der Waals surface area contributed by atoms with Crippen molar-refractivity contribution in [3.05, 3.63) is 99.8 Å². The molecule has 1 aliphatic heterocycles. The molecule has 8 heteroatoms. The molecule has 33 heavy (non-hydrogen) atoms. The van der Waals surface area contributed by atoms with Gasteiger partial charge in [-0.05, 0) is 72.6 Å². The zero-order valence-electron chi connectivity index (χ0n) is 17.4. The Kier molecular flexibility index (Phi) is 6.77. The average molecular weight is 485 g/mol. The molecule has 0 N–H and O–H groups in total. The van der Waals surface area contributed by atoms with Gasteiger partial charge in [0.1, 0.15) is 11.9 Å². The van der Waals surface area contributed by atoms with Gasteiger partial charge >= 0.3 is 0 Å². The number of nitrogens with zero attached hydrogens (tertiary/aromatic N) is 2. The van der Waals surface area contributed by atoms with Crippen molar-refractivity contribution in [3.63, 3.8) is 0 Å². The first-order valence-corrected chi connectivity index (χ1v) is 11.0. The number of benzene rings is 3. The van der Waals surface area contributed by atoms with Crippen LogP contribution < -0.4 is 4.90 Å². The summed E-state index contributed by atoms with van der Waals surface area (Å²) in [5.74, 6) is -1.84. The first kappa shape index (κ1) is 23.0. The van der Waals surface area contributed by atoms with Gasteiger partial charge in [0.2, 0.25) is 5.91 Å². The Morgan fingerprint density at radius 1 is 0.970 bits per heavy atom. The third kappa shape index (κ3) is 5.07. The van der Waals surface area contributed by atoms with Crippen LogP contribution in [0, 0.1) is 5.82 Å². The van der Waals surface area contributed by atoms with Crippen molar-refractivity contribution in [1.82, 2.24) is 4.90 Å². The molecule has 5 nitrogen and oxygen atoms in total. The Bertz CT molecular complexity index is 1200. The Balaban J connectivity index is 1.63. The van der Waals surface area contributed by atoms with Gasteiger partial charge < -0.3 is 4.90 Å². The summed E-state index contributed by atoms with van der Waals surface area (Å²) in [6.45, 7) is 0.175. The van der Waals surface area contributed by atoms with Crippen LogP contribution in [-0.4, -0.2) is 35.2 Å². The Morgan fingerprint density at radius 3 is 2.33 bits per heavy atom. The molecule has 0 bridgehead atoms. The van der Waals surface area contributed by atoms with E-state index in [1.54, 1.807) is 42.5 Å². The highest BCUT2D eigenvalue weighted by molar-refractivity contribution is 6.31. The summed E-state index contributed by atoms with van der Waals surface area (Å²) in [6, 6.07) is 17.7. The summed E-state index contributed by atoms with van der Waals surface area (Å²) in [5, 5.41) is 1.04. The zero-order valence-corrected chi connectivity index (χ0v) is 18.9. The SMILES string of the molecule is O=C1CC(N(CCc2cccc(Cl)c2)C(=O)c2ccc(F)cc2)C(=O)N1c1ccc(Cl)cc1. The first-order chi connectivity index (χ1) is 15.8. The third-order valence-corrected chi connectivity index (χ3v) is 5.95. The Hall–Kier alpha value is -3.22. The van der Waals surface area contributed by atoms with Crippen LogP contribution in [-0.2, 0) is 16.0 Å². The van der Waals surface area contributed by atoms with E-state index in [9.17, 15) is 18.8 Å². The van der Waals surface area contributed by atoms with E-state index in [0.717, 1.165) is 10.5 Å². The van der Waals surface area contributed by atoms with Crippen LogP contribution in [0.3, 0.4) is 0 Å². The fraction of sp³-hybridized carbons (Fsp3) is 0.160. The summed E-state index contributed by atoms with van der Waals surface area (Å²) < 4.78 is 13.4. The number of carbonyl (C=O) groups excluding carboxylic acids is 3. The molecule has 1 heterocycles. The molecule has 1 unspecified atom stereocenters. The molecule has 3 aromatic carbocycles. The lowest BCUT2D eigenvalue weighted by atomic mass is 10.1. The molecular weight excluding hydrogens is 466 g/mol. The van der Waals surface area contributed by atoms with Crippen molar-refractivity contribution in [2.75, 3.05) is 11.4 Å². The van der Waals surface area contributed by atoms with Gasteiger partial charge in [-0.15, -0.1) is 0 Å². The number of anilines is 1. The maximum absolute atomic E-state index is 13.4.